The molecule has 224 valence electrons. The number of piperazine rings is 1. The van der Waals surface area contributed by atoms with E-state index in [0.717, 1.165) is 39.7 Å². The molecule has 42 heavy (non-hydrogen) atoms. The number of aliphatic hydroxyl groups is 1. The predicted molar refractivity (Wildman–Crippen MR) is 162 cm³/mol. The van der Waals surface area contributed by atoms with Crippen molar-refractivity contribution in [2.75, 3.05) is 26.2 Å². The van der Waals surface area contributed by atoms with Gasteiger partial charge in [0.05, 0.1) is 36.1 Å². The Morgan fingerprint density at radius 3 is 2.74 bits per heavy atom. The Labute approximate surface area is 258 Å². The number of carbonyl (C=O) groups is 2. The number of halogens is 2. The van der Waals surface area contributed by atoms with Crippen LogP contribution in [-0.2, 0) is 22.4 Å². The van der Waals surface area contributed by atoms with E-state index in [9.17, 15) is 14.7 Å². The molecule has 3 aromatic rings. The zero-order chi connectivity index (χ0) is 30.0. The van der Waals surface area contributed by atoms with Crippen LogP contribution in [0.4, 0.5) is 4.79 Å². The van der Waals surface area contributed by atoms with E-state index in [4.69, 9.17) is 21.3 Å². The van der Waals surface area contributed by atoms with Crippen molar-refractivity contribution in [1.82, 2.24) is 30.1 Å². The van der Waals surface area contributed by atoms with Crippen LogP contribution in [0.2, 0.25) is 5.02 Å². The highest BCUT2D eigenvalue weighted by atomic mass is 79.9. The lowest BCUT2D eigenvalue weighted by atomic mass is 9.95. The van der Waals surface area contributed by atoms with E-state index in [1.807, 2.05) is 18.2 Å². The number of benzene rings is 1. The average Bonchev–Trinajstić information content (AvgIpc) is 3.43. The Bertz CT molecular complexity index is 1380. The molecule has 2 aliphatic rings. The molecule has 1 aliphatic carbocycles. The molecule has 1 aliphatic heterocycles. The van der Waals surface area contributed by atoms with Gasteiger partial charge in [-0.3, -0.25) is 19.6 Å². The summed E-state index contributed by atoms with van der Waals surface area (Å²) in [5.41, 5.74) is 4.18. The molecule has 3 heterocycles. The third-order valence-corrected chi connectivity index (χ3v) is 8.26. The maximum atomic E-state index is 13.7. The molecular formula is C30H36BrClN6O4. The number of nitrogens with zero attached hydrogens (tertiary/aromatic N) is 4. The summed E-state index contributed by atoms with van der Waals surface area (Å²) in [6, 6.07) is 7.03. The number of amides is 2. The average molecular weight is 660 g/mol. The monoisotopic (exact) mass is 658 g/mol. The minimum Gasteiger partial charge on any atom is -0.444 e. The second-order valence-electron chi connectivity index (χ2n) is 11.7. The van der Waals surface area contributed by atoms with Crippen LogP contribution >= 0.6 is 27.5 Å². The molecule has 2 aromatic heterocycles. The Morgan fingerprint density at radius 2 is 2.00 bits per heavy atom. The van der Waals surface area contributed by atoms with E-state index < -0.39 is 23.8 Å². The van der Waals surface area contributed by atoms with Crippen molar-refractivity contribution < 1.29 is 19.4 Å². The second kappa shape index (κ2) is 12.7. The van der Waals surface area contributed by atoms with Gasteiger partial charge in [0.15, 0.2) is 0 Å². The van der Waals surface area contributed by atoms with E-state index in [0.29, 0.717) is 30.2 Å². The molecule has 1 saturated heterocycles. The van der Waals surface area contributed by atoms with Gasteiger partial charge >= 0.3 is 6.09 Å². The normalized spacial score (nSPS) is 19.8. The molecule has 2 amide bonds. The summed E-state index contributed by atoms with van der Waals surface area (Å²) < 4.78 is 6.60. The van der Waals surface area contributed by atoms with Gasteiger partial charge in [-0.2, -0.15) is 0 Å². The number of rotatable bonds is 6. The van der Waals surface area contributed by atoms with Gasteiger partial charge < -0.3 is 20.1 Å². The van der Waals surface area contributed by atoms with Gasteiger partial charge in [-0.05, 0) is 90.9 Å². The lowest BCUT2D eigenvalue weighted by Crippen LogP contribution is -2.61. The Hall–Kier alpha value is -2.99. The lowest BCUT2D eigenvalue weighted by molar-refractivity contribution is -0.129. The van der Waals surface area contributed by atoms with Gasteiger partial charge in [-0.15, -0.1) is 0 Å². The summed E-state index contributed by atoms with van der Waals surface area (Å²) >= 11 is 9.97. The molecule has 0 bridgehead atoms. The first kappa shape index (κ1) is 30.5. The Kier molecular flexibility index (Phi) is 9.22. The number of hydrogen-bond acceptors (Lipinski definition) is 7. The molecule has 12 heteroatoms. The number of nitrogens with one attached hydrogen (secondary N) is 2. The number of carbonyl (C=O) groups excluding carboxylic acids is 2. The number of aromatic amines is 1. The smallest absolute Gasteiger partial charge is 0.411 e. The van der Waals surface area contributed by atoms with E-state index in [1.54, 1.807) is 33.2 Å². The minimum atomic E-state index is -0.809. The Balaban J connectivity index is 1.43. The number of H-pyrrole nitrogens is 1. The van der Waals surface area contributed by atoms with Crippen LogP contribution in [-0.4, -0.2) is 79.7 Å². The van der Waals surface area contributed by atoms with Crippen molar-refractivity contribution in [3.63, 3.8) is 0 Å². The van der Waals surface area contributed by atoms with Crippen LogP contribution in [0.3, 0.4) is 0 Å². The number of aryl methyl sites for hydroxylation is 2. The summed E-state index contributed by atoms with van der Waals surface area (Å²) in [5.74, 6) is -0.309. The van der Waals surface area contributed by atoms with E-state index >= 15 is 0 Å². The van der Waals surface area contributed by atoms with Crippen LogP contribution in [0.1, 0.15) is 67.4 Å². The molecule has 3 N–H and O–H groups in total. The third-order valence-electron chi connectivity index (χ3n) is 7.59. The first-order valence-electron chi connectivity index (χ1n) is 14.1. The molecule has 10 nitrogen and oxygen atoms in total. The topological polar surface area (TPSA) is 124 Å². The third kappa shape index (κ3) is 6.96. The van der Waals surface area contributed by atoms with Crippen molar-refractivity contribution in [1.29, 1.82) is 0 Å². The molecular weight excluding hydrogens is 624 g/mol. The molecule has 1 fully saturated rings. The fraction of sp³-hybridized carbons (Fsp3) is 0.467. The predicted octanol–water partition coefficient (Wildman–Crippen LogP) is 4.57. The lowest BCUT2D eigenvalue weighted by Gasteiger charge is -2.44. The van der Waals surface area contributed by atoms with Crippen molar-refractivity contribution in [2.45, 2.75) is 63.8 Å². The van der Waals surface area contributed by atoms with Crippen molar-refractivity contribution in [3.8, 4) is 0 Å². The molecule has 3 atom stereocenters. The minimum absolute atomic E-state index is 0.221. The summed E-state index contributed by atoms with van der Waals surface area (Å²) in [6.07, 6.45) is 5.45. The van der Waals surface area contributed by atoms with E-state index in [1.165, 1.54) is 11.2 Å². The zero-order valence-electron chi connectivity index (χ0n) is 23.9. The molecule has 0 radical (unpaired) electrons. The Morgan fingerprint density at radius 1 is 1.21 bits per heavy atom. The number of imidazole rings is 1. The molecule has 5 rings (SSSR count). The summed E-state index contributed by atoms with van der Waals surface area (Å²) in [7, 11) is 0. The first-order valence-corrected chi connectivity index (χ1v) is 15.3. The van der Waals surface area contributed by atoms with Crippen LogP contribution < -0.4 is 5.32 Å². The van der Waals surface area contributed by atoms with E-state index in [2.05, 4.69) is 42.2 Å². The fourth-order valence-electron chi connectivity index (χ4n) is 5.64. The van der Waals surface area contributed by atoms with Gasteiger partial charge in [-0.1, -0.05) is 17.7 Å². The van der Waals surface area contributed by atoms with Crippen molar-refractivity contribution in [3.05, 3.63) is 80.6 Å². The number of hydrogen-bond donors (Lipinski definition) is 3. The standard InChI is InChI=1S/C30H36BrClN6O4/c1-30(2,3)42-29(41)38-11-10-37(16-24(38)28(40)34-9-8-25(39)23-15-33-17-36-23)27-22-7-6-21(32)13-18(22)4-5-19-12-20(31)14-35-26(19)27/h6-7,12-15,17,24-25,27,39H,4-5,8-11,16H2,1-3H3,(H,33,36)(H,34,40)/t24-,25?,27?/m1/s1. The van der Waals surface area contributed by atoms with Crippen LogP contribution in [0.25, 0.3) is 0 Å². The van der Waals surface area contributed by atoms with Gasteiger partial charge in [0.2, 0.25) is 5.91 Å². The number of fused-ring (bicyclic) bond motifs is 2. The van der Waals surface area contributed by atoms with Crippen LogP contribution in [0.5, 0.6) is 0 Å². The highest BCUT2D eigenvalue weighted by Gasteiger charge is 2.41. The largest absolute Gasteiger partial charge is 0.444 e. The highest BCUT2D eigenvalue weighted by Crippen LogP contribution is 2.38. The van der Waals surface area contributed by atoms with Gasteiger partial charge in [-0.25, -0.2) is 9.78 Å². The maximum absolute atomic E-state index is 13.7. The van der Waals surface area contributed by atoms with Gasteiger partial charge in [0.1, 0.15) is 11.6 Å². The SMILES string of the molecule is CC(C)(C)OC(=O)N1CCN(C2c3ccc(Cl)cc3CCc3cc(Br)cnc32)C[C@@H]1C(=O)NCCC(O)c1cnc[nH]1. The summed E-state index contributed by atoms with van der Waals surface area (Å²) in [4.78, 5) is 42.4. The van der Waals surface area contributed by atoms with Crippen LogP contribution in [0, 0.1) is 0 Å². The van der Waals surface area contributed by atoms with E-state index in [-0.39, 0.29) is 25.0 Å². The maximum Gasteiger partial charge on any atom is 0.411 e. The quantitative estimate of drug-likeness (QED) is 0.354. The van der Waals surface area contributed by atoms with Gasteiger partial charge in [0, 0.05) is 41.9 Å². The summed E-state index contributed by atoms with van der Waals surface area (Å²) in [6.45, 7) is 6.74. The highest BCUT2D eigenvalue weighted by molar-refractivity contribution is 9.10. The van der Waals surface area contributed by atoms with Crippen molar-refractivity contribution in [2.24, 2.45) is 0 Å². The molecule has 1 aromatic carbocycles. The van der Waals surface area contributed by atoms with Crippen LogP contribution in [0.15, 0.2) is 47.5 Å². The number of aromatic nitrogens is 3. The number of pyridine rings is 1. The summed E-state index contributed by atoms with van der Waals surface area (Å²) in [5, 5.41) is 14.0. The zero-order valence-corrected chi connectivity index (χ0v) is 26.3. The molecule has 2 unspecified atom stereocenters. The fourth-order valence-corrected chi connectivity index (χ4v) is 6.21. The molecule has 0 spiro atoms. The first-order chi connectivity index (χ1) is 20.0. The molecule has 0 saturated carbocycles. The second-order valence-corrected chi connectivity index (χ2v) is 13.1. The van der Waals surface area contributed by atoms with Gasteiger partial charge in [0.25, 0.3) is 0 Å². The van der Waals surface area contributed by atoms with Crippen molar-refractivity contribution >= 4 is 39.5 Å². The number of ether oxygens (including phenoxy) is 1. The number of aliphatic hydroxyl groups excluding tert-OH is 1.